The lowest BCUT2D eigenvalue weighted by Gasteiger charge is -2.05. The maximum Gasteiger partial charge on any atom is 0.129 e. The fourth-order valence-corrected chi connectivity index (χ4v) is 0.933. The first kappa shape index (κ1) is 8.23. The van der Waals surface area contributed by atoms with Gasteiger partial charge in [0, 0.05) is 5.56 Å². The first-order chi connectivity index (χ1) is 5.25. The Kier molecular flexibility index (Phi) is 2.62. The number of rotatable bonds is 3. The molecule has 1 unspecified atom stereocenters. The van der Waals surface area contributed by atoms with Crippen LogP contribution in [0.3, 0.4) is 0 Å². The highest BCUT2D eigenvalue weighted by Gasteiger charge is 2.11. The van der Waals surface area contributed by atoms with Gasteiger partial charge >= 0.3 is 0 Å². The van der Waals surface area contributed by atoms with Crippen molar-refractivity contribution in [3.63, 3.8) is 0 Å². The number of hydrogen-bond acceptors (Lipinski definition) is 4. The quantitative estimate of drug-likeness (QED) is 0.663. The summed E-state index contributed by atoms with van der Waals surface area (Å²) in [4.78, 5) is 0. The lowest BCUT2D eigenvalue weighted by atomic mass is 10.1. The fraction of sp³-hybridized carbons (Fsp3) is 0.571. The minimum absolute atomic E-state index is 0.464. The first-order valence-corrected chi connectivity index (χ1v) is 3.54. The molecule has 0 spiro atoms. The van der Waals surface area contributed by atoms with Crippen molar-refractivity contribution in [3.05, 3.63) is 17.5 Å². The Balaban J connectivity index is 2.67. The normalized spacial score (nSPS) is 13.4. The summed E-state index contributed by atoms with van der Waals surface area (Å²) in [5.74, 6) is 0. The molecule has 62 valence electrons. The SMILES string of the molecule is Cc1nocc1C(O)CCN. The molecular formula is C7H12N2O2. The molecule has 0 aliphatic heterocycles. The van der Waals surface area contributed by atoms with Gasteiger partial charge in [0.1, 0.15) is 6.26 Å². The second kappa shape index (κ2) is 3.50. The van der Waals surface area contributed by atoms with Crippen LogP contribution in [0.1, 0.15) is 23.8 Å². The Morgan fingerprint density at radius 3 is 3.00 bits per heavy atom. The zero-order chi connectivity index (χ0) is 8.27. The summed E-state index contributed by atoms with van der Waals surface area (Å²) < 4.78 is 4.66. The number of aliphatic hydroxyl groups is 1. The van der Waals surface area contributed by atoms with Crippen LogP contribution in [0.2, 0.25) is 0 Å². The smallest absolute Gasteiger partial charge is 0.129 e. The number of nitrogens with zero attached hydrogens (tertiary/aromatic N) is 1. The molecule has 0 saturated carbocycles. The summed E-state index contributed by atoms with van der Waals surface area (Å²) in [5.41, 5.74) is 6.73. The standard InChI is InChI=1S/C7H12N2O2/c1-5-6(4-11-9-5)7(10)2-3-8/h4,7,10H,2-3,8H2,1H3. The molecule has 1 heterocycles. The second-order valence-electron chi connectivity index (χ2n) is 2.45. The van der Waals surface area contributed by atoms with Gasteiger partial charge in [-0.2, -0.15) is 0 Å². The summed E-state index contributed by atoms with van der Waals surface area (Å²) in [6.07, 6.45) is 1.46. The van der Waals surface area contributed by atoms with Gasteiger partial charge in [-0.3, -0.25) is 0 Å². The molecule has 4 heteroatoms. The lowest BCUT2D eigenvalue weighted by molar-refractivity contribution is 0.169. The highest BCUT2D eigenvalue weighted by molar-refractivity contribution is 5.15. The van der Waals surface area contributed by atoms with Crippen molar-refractivity contribution in [2.45, 2.75) is 19.4 Å². The molecule has 3 N–H and O–H groups in total. The van der Waals surface area contributed by atoms with E-state index in [-0.39, 0.29) is 0 Å². The summed E-state index contributed by atoms with van der Waals surface area (Å²) in [6, 6.07) is 0. The van der Waals surface area contributed by atoms with Gasteiger partial charge in [0.05, 0.1) is 11.8 Å². The lowest BCUT2D eigenvalue weighted by Crippen LogP contribution is -2.06. The van der Waals surface area contributed by atoms with Crippen molar-refractivity contribution in [3.8, 4) is 0 Å². The van der Waals surface area contributed by atoms with Crippen LogP contribution < -0.4 is 5.73 Å². The van der Waals surface area contributed by atoms with Crippen LogP contribution in [0.4, 0.5) is 0 Å². The van der Waals surface area contributed by atoms with Crippen molar-refractivity contribution < 1.29 is 9.63 Å². The van der Waals surface area contributed by atoms with Crippen LogP contribution in [0.5, 0.6) is 0 Å². The van der Waals surface area contributed by atoms with E-state index in [9.17, 15) is 5.11 Å². The van der Waals surface area contributed by atoms with Crippen LogP contribution in [0, 0.1) is 6.92 Å². The van der Waals surface area contributed by atoms with E-state index in [2.05, 4.69) is 9.68 Å². The van der Waals surface area contributed by atoms with Crippen LogP contribution in [0.25, 0.3) is 0 Å². The molecule has 0 radical (unpaired) electrons. The number of aryl methyl sites for hydroxylation is 1. The zero-order valence-electron chi connectivity index (χ0n) is 6.45. The minimum atomic E-state index is -0.536. The molecule has 0 saturated heterocycles. The Labute approximate surface area is 65.0 Å². The van der Waals surface area contributed by atoms with Crippen LogP contribution in [-0.2, 0) is 0 Å². The molecule has 4 nitrogen and oxygen atoms in total. The molecular weight excluding hydrogens is 144 g/mol. The number of aromatic nitrogens is 1. The number of nitrogens with two attached hydrogens (primary N) is 1. The van der Waals surface area contributed by atoms with Gasteiger partial charge < -0.3 is 15.4 Å². The first-order valence-electron chi connectivity index (χ1n) is 3.54. The van der Waals surface area contributed by atoms with E-state index < -0.39 is 6.10 Å². The van der Waals surface area contributed by atoms with Crippen LogP contribution in [0.15, 0.2) is 10.8 Å². The maximum absolute atomic E-state index is 9.41. The third-order valence-electron chi connectivity index (χ3n) is 1.59. The van der Waals surface area contributed by atoms with Gasteiger partial charge in [0.2, 0.25) is 0 Å². The molecule has 0 aliphatic carbocycles. The summed E-state index contributed by atoms with van der Waals surface area (Å²) in [6.45, 7) is 2.25. The molecule has 1 aromatic heterocycles. The Hall–Kier alpha value is -0.870. The van der Waals surface area contributed by atoms with Crippen molar-refractivity contribution in [1.82, 2.24) is 5.16 Å². The van der Waals surface area contributed by atoms with Gasteiger partial charge in [0.25, 0.3) is 0 Å². The molecule has 1 aromatic rings. The van der Waals surface area contributed by atoms with E-state index in [0.717, 1.165) is 11.3 Å². The molecule has 0 aliphatic rings. The van der Waals surface area contributed by atoms with Gasteiger partial charge in [0.15, 0.2) is 0 Å². The highest BCUT2D eigenvalue weighted by Crippen LogP contribution is 2.18. The summed E-state index contributed by atoms with van der Waals surface area (Å²) >= 11 is 0. The van der Waals surface area contributed by atoms with E-state index in [1.165, 1.54) is 6.26 Å². The van der Waals surface area contributed by atoms with Crippen molar-refractivity contribution in [2.75, 3.05) is 6.54 Å². The third-order valence-corrected chi connectivity index (χ3v) is 1.59. The maximum atomic E-state index is 9.41. The fourth-order valence-electron chi connectivity index (χ4n) is 0.933. The van der Waals surface area contributed by atoms with Crippen molar-refractivity contribution >= 4 is 0 Å². The highest BCUT2D eigenvalue weighted by atomic mass is 16.5. The van der Waals surface area contributed by atoms with Gasteiger partial charge in [-0.05, 0) is 19.9 Å². The molecule has 1 rings (SSSR count). The molecule has 0 aromatic carbocycles. The van der Waals surface area contributed by atoms with E-state index in [1.54, 1.807) is 6.92 Å². The van der Waals surface area contributed by atoms with Crippen molar-refractivity contribution in [2.24, 2.45) is 5.73 Å². The van der Waals surface area contributed by atoms with Crippen LogP contribution in [-0.4, -0.2) is 16.8 Å². The van der Waals surface area contributed by atoms with E-state index >= 15 is 0 Å². The van der Waals surface area contributed by atoms with Gasteiger partial charge in [-0.15, -0.1) is 0 Å². The van der Waals surface area contributed by atoms with Gasteiger partial charge in [-0.1, -0.05) is 5.16 Å². The number of hydrogen-bond donors (Lipinski definition) is 2. The zero-order valence-corrected chi connectivity index (χ0v) is 6.45. The summed E-state index contributed by atoms with van der Waals surface area (Å²) in [7, 11) is 0. The molecule has 0 amide bonds. The monoisotopic (exact) mass is 156 g/mol. The van der Waals surface area contributed by atoms with Crippen molar-refractivity contribution in [1.29, 1.82) is 0 Å². The molecule has 11 heavy (non-hydrogen) atoms. The summed E-state index contributed by atoms with van der Waals surface area (Å²) in [5, 5.41) is 13.1. The molecule has 0 fully saturated rings. The number of aliphatic hydroxyl groups excluding tert-OH is 1. The second-order valence-corrected chi connectivity index (χ2v) is 2.45. The molecule has 0 bridgehead atoms. The third kappa shape index (κ3) is 1.78. The topological polar surface area (TPSA) is 72.3 Å². The average Bonchev–Trinajstić information content (AvgIpc) is 2.36. The Morgan fingerprint density at radius 2 is 2.55 bits per heavy atom. The minimum Gasteiger partial charge on any atom is -0.388 e. The Morgan fingerprint density at radius 1 is 1.82 bits per heavy atom. The predicted octanol–water partition coefficient (Wildman–Crippen LogP) is 0.365. The van der Waals surface area contributed by atoms with E-state index in [4.69, 9.17) is 5.73 Å². The average molecular weight is 156 g/mol. The predicted molar refractivity (Wildman–Crippen MR) is 39.9 cm³/mol. The van der Waals surface area contributed by atoms with E-state index in [0.29, 0.717) is 13.0 Å². The van der Waals surface area contributed by atoms with Crippen LogP contribution >= 0.6 is 0 Å². The Bertz CT molecular complexity index is 222. The largest absolute Gasteiger partial charge is 0.388 e. The van der Waals surface area contributed by atoms with Gasteiger partial charge in [-0.25, -0.2) is 0 Å². The molecule has 1 atom stereocenters. The van der Waals surface area contributed by atoms with E-state index in [1.807, 2.05) is 0 Å².